The quantitative estimate of drug-likeness (QED) is 0.0325. The number of ether oxygens (including phenoxy) is 1. The van der Waals surface area contributed by atoms with Crippen molar-refractivity contribution < 1.29 is 24.2 Å². The van der Waals surface area contributed by atoms with Crippen LogP contribution in [0.25, 0.3) is 0 Å². The number of carbonyl (C=O) groups excluding carboxylic acids is 2. The third-order valence-electron chi connectivity index (χ3n) is 9.43. The summed E-state index contributed by atoms with van der Waals surface area (Å²) in [5.41, 5.74) is 5.47. The molecule has 0 spiro atoms. The fourth-order valence-corrected chi connectivity index (χ4v) is 6.07. The van der Waals surface area contributed by atoms with Crippen molar-refractivity contribution >= 4 is 17.8 Å². The second-order valence-corrected chi connectivity index (χ2v) is 14.7. The van der Waals surface area contributed by atoms with Crippen molar-refractivity contribution in [2.45, 2.75) is 199 Å². The van der Waals surface area contributed by atoms with E-state index < -0.39 is 12.0 Å². The second kappa shape index (κ2) is 42.7. The van der Waals surface area contributed by atoms with Crippen molar-refractivity contribution in [3.8, 4) is 0 Å². The monoisotopic (exact) mass is 779 g/mol. The number of carboxylic acids is 1. The number of esters is 1. The van der Waals surface area contributed by atoms with Gasteiger partial charge in [-0.25, -0.2) is 4.79 Å². The number of unbranched alkanes of at least 4 members (excludes halogenated alkanes) is 13. The van der Waals surface area contributed by atoms with E-state index >= 15 is 0 Å². The minimum absolute atomic E-state index is 0.103. The molecule has 0 saturated carbocycles. The highest BCUT2D eigenvalue weighted by molar-refractivity contribution is 5.83. The van der Waals surface area contributed by atoms with E-state index in [1.807, 2.05) is 0 Å². The van der Waals surface area contributed by atoms with Gasteiger partial charge in [0.2, 0.25) is 5.91 Å². The number of nitrogens with two attached hydrogens (primary N) is 1. The van der Waals surface area contributed by atoms with Crippen molar-refractivity contribution in [2.24, 2.45) is 5.73 Å². The van der Waals surface area contributed by atoms with Crippen LogP contribution in [0, 0.1) is 0 Å². The molecule has 318 valence electrons. The predicted octanol–water partition coefficient (Wildman–Crippen LogP) is 12.9. The first-order chi connectivity index (χ1) is 27.4. The first-order valence-corrected chi connectivity index (χ1v) is 22.4. The van der Waals surface area contributed by atoms with Gasteiger partial charge in [-0.05, 0) is 115 Å². The largest absolute Gasteiger partial charge is 0.480 e. The van der Waals surface area contributed by atoms with Gasteiger partial charge in [0.15, 0.2) is 0 Å². The first kappa shape index (κ1) is 52.6. The summed E-state index contributed by atoms with van der Waals surface area (Å²) in [4.78, 5) is 36.2. The average molecular weight is 779 g/mol. The Kier molecular flexibility index (Phi) is 40.1. The van der Waals surface area contributed by atoms with Crippen molar-refractivity contribution in [3.63, 3.8) is 0 Å². The van der Waals surface area contributed by atoms with Gasteiger partial charge in [0.05, 0.1) is 0 Å². The Morgan fingerprint density at radius 1 is 0.554 bits per heavy atom. The molecule has 4 N–H and O–H groups in total. The minimum atomic E-state index is -1.01. The molecule has 56 heavy (non-hydrogen) atoms. The highest BCUT2D eigenvalue weighted by Crippen LogP contribution is 2.15. The fourth-order valence-electron chi connectivity index (χ4n) is 6.07. The van der Waals surface area contributed by atoms with E-state index in [2.05, 4.69) is 104 Å². The van der Waals surface area contributed by atoms with Gasteiger partial charge in [-0.3, -0.25) is 9.59 Å². The van der Waals surface area contributed by atoms with Crippen LogP contribution in [-0.2, 0) is 19.1 Å². The molecule has 0 aromatic heterocycles. The maximum atomic E-state index is 12.7. The summed E-state index contributed by atoms with van der Waals surface area (Å²) in [6, 6.07) is -0.860. The molecule has 7 heteroatoms. The first-order valence-electron chi connectivity index (χ1n) is 22.4. The van der Waals surface area contributed by atoms with Crippen LogP contribution in [0.5, 0.6) is 0 Å². The molecule has 0 fully saturated rings. The maximum absolute atomic E-state index is 12.7. The number of hydrogen-bond acceptors (Lipinski definition) is 5. The van der Waals surface area contributed by atoms with Gasteiger partial charge in [-0.1, -0.05) is 151 Å². The molecule has 2 atom stereocenters. The van der Waals surface area contributed by atoms with Crippen LogP contribution in [-0.4, -0.2) is 41.6 Å². The summed E-state index contributed by atoms with van der Waals surface area (Å²) < 4.78 is 5.94. The molecular weight excluding hydrogens is 697 g/mol. The molecule has 0 aliphatic heterocycles. The van der Waals surface area contributed by atoms with Crippen LogP contribution in [0.4, 0.5) is 0 Å². The zero-order valence-corrected chi connectivity index (χ0v) is 35.7. The fraction of sp³-hybridized carbons (Fsp3) is 0.653. The molecule has 2 unspecified atom stereocenters. The molecular formula is C49H82N2O5. The lowest BCUT2D eigenvalue weighted by atomic mass is 10.0. The van der Waals surface area contributed by atoms with Gasteiger partial charge >= 0.3 is 11.9 Å². The Morgan fingerprint density at radius 2 is 1.04 bits per heavy atom. The summed E-state index contributed by atoms with van der Waals surface area (Å²) in [6.07, 6.45) is 56.5. The van der Waals surface area contributed by atoms with Crippen LogP contribution in [0.3, 0.4) is 0 Å². The Balaban J connectivity index is 4.32. The van der Waals surface area contributed by atoms with Gasteiger partial charge in [-0.2, -0.15) is 0 Å². The van der Waals surface area contributed by atoms with E-state index in [4.69, 9.17) is 10.5 Å². The number of carbonyl (C=O) groups is 3. The summed E-state index contributed by atoms with van der Waals surface area (Å²) >= 11 is 0. The number of rotatable bonds is 39. The summed E-state index contributed by atoms with van der Waals surface area (Å²) in [5, 5.41) is 11.9. The lowest BCUT2D eigenvalue weighted by Crippen LogP contribution is -2.40. The molecule has 0 aliphatic rings. The summed E-state index contributed by atoms with van der Waals surface area (Å²) in [7, 11) is 0. The van der Waals surface area contributed by atoms with Crippen LogP contribution in [0.2, 0.25) is 0 Å². The third kappa shape index (κ3) is 38.8. The molecule has 0 aromatic rings. The third-order valence-corrected chi connectivity index (χ3v) is 9.43. The molecule has 0 radical (unpaired) electrons. The summed E-state index contributed by atoms with van der Waals surface area (Å²) in [6.45, 7) is 4.80. The molecule has 0 bridgehead atoms. The highest BCUT2D eigenvalue weighted by Gasteiger charge is 2.18. The molecule has 0 aromatic carbocycles. The van der Waals surface area contributed by atoms with Crippen LogP contribution >= 0.6 is 0 Å². The molecule has 0 rings (SSSR count). The van der Waals surface area contributed by atoms with Crippen LogP contribution < -0.4 is 11.1 Å². The number of hydrogen-bond donors (Lipinski definition) is 3. The molecule has 0 saturated heterocycles. The van der Waals surface area contributed by atoms with Crippen LogP contribution in [0.15, 0.2) is 85.1 Å². The number of amides is 1. The van der Waals surface area contributed by atoms with Gasteiger partial charge in [0.25, 0.3) is 0 Å². The zero-order valence-electron chi connectivity index (χ0n) is 35.7. The lowest BCUT2D eigenvalue weighted by Gasteiger charge is -2.15. The Hall–Kier alpha value is -3.45. The Bertz CT molecular complexity index is 1150. The second-order valence-electron chi connectivity index (χ2n) is 14.7. The SMILES string of the molecule is CC/C=C\C/C=C\C/C=C\C/C=C\C/C=C\C/C=C\CCCCC(=O)OC(/C=C\CCCCCCCC)CCCCCCCCC(=O)NC(CCCN)C(=O)O. The average Bonchev–Trinajstić information content (AvgIpc) is 3.18. The van der Waals surface area contributed by atoms with Gasteiger partial charge < -0.3 is 20.9 Å². The maximum Gasteiger partial charge on any atom is 0.326 e. The predicted molar refractivity (Wildman–Crippen MR) is 238 cm³/mol. The highest BCUT2D eigenvalue weighted by atomic mass is 16.5. The standard InChI is InChI=1S/C49H82N2O5/c1-3-5-7-9-11-13-14-15-16-17-18-19-20-21-22-23-24-25-27-33-37-43-48(53)56-45(39-34-30-26-12-10-8-6-4-2)40-35-31-28-29-32-36-42-47(52)51-46(49(54)55)41-38-44-50/h5,7,11,13,15-16,18-19,21-22,24-25,34,39,45-46H,3-4,6,8-10,12,14,17,20,23,26-33,35-38,40-44,50H2,1-2H3,(H,51,52)(H,54,55)/b7-5-,13-11-,16-15-,19-18-,22-21-,25-24-,39-34-. The molecule has 1 amide bonds. The van der Waals surface area contributed by atoms with E-state index in [1.165, 1.54) is 38.5 Å². The van der Waals surface area contributed by atoms with E-state index in [-0.39, 0.29) is 18.0 Å². The number of carboxylic acid groups (broad SMARTS) is 1. The van der Waals surface area contributed by atoms with E-state index in [1.54, 1.807) is 0 Å². The van der Waals surface area contributed by atoms with Crippen LogP contribution in [0.1, 0.15) is 187 Å². The topological polar surface area (TPSA) is 119 Å². The van der Waals surface area contributed by atoms with E-state index in [0.717, 1.165) is 109 Å². The van der Waals surface area contributed by atoms with Gasteiger partial charge in [0.1, 0.15) is 12.1 Å². The smallest absolute Gasteiger partial charge is 0.326 e. The van der Waals surface area contributed by atoms with Crippen molar-refractivity contribution in [2.75, 3.05) is 6.54 Å². The van der Waals surface area contributed by atoms with Gasteiger partial charge in [0, 0.05) is 12.8 Å². The normalized spacial score (nSPS) is 13.5. The van der Waals surface area contributed by atoms with Crippen molar-refractivity contribution in [1.82, 2.24) is 5.32 Å². The zero-order chi connectivity index (χ0) is 41.0. The van der Waals surface area contributed by atoms with E-state index in [9.17, 15) is 19.5 Å². The summed E-state index contributed by atoms with van der Waals surface area (Å²) in [5.74, 6) is -1.32. The number of nitrogens with one attached hydrogen (secondary N) is 1. The van der Waals surface area contributed by atoms with Crippen molar-refractivity contribution in [3.05, 3.63) is 85.1 Å². The molecule has 0 heterocycles. The van der Waals surface area contributed by atoms with Gasteiger partial charge in [-0.15, -0.1) is 0 Å². The molecule has 0 aliphatic carbocycles. The minimum Gasteiger partial charge on any atom is -0.480 e. The molecule has 7 nitrogen and oxygen atoms in total. The van der Waals surface area contributed by atoms with Crippen molar-refractivity contribution in [1.29, 1.82) is 0 Å². The number of allylic oxidation sites excluding steroid dienone is 13. The Morgan fingerprint density at radius 3 is 1.61 bits per heavy atom. The number of aliphatic carboxylic acids is 1. The van der Waals surface area contributed by atoms with E-state index in [0.29, 0.717) is 32.2 Å². The Labute approximate surface area is 343 Å². The lowest BCUT2D eigenvalue weighted by molar-refractivity contribution is -0.147.